The second-order valence-electron chi connectivity index (χ2n) is 3.16. The highest BCUT2D eigenvalue weighted by Gasteiger charge is 2.23. The predicted octanol–water partition coefficient (Wildman–Crippen LogP) is 1.63. The van der Waals surface area contributed by atoms with Crippen molar-refractivity contribution in [3.8, 4) is 0 Å². The molecule has 0 amide bonds. The molecule has 0 radical (unpaired) electrons. The van der Waals surface area contributed by atoms with Gasteiger partial charge in [-0.3, -0.25) is 4.79 Å². The van der Waals surface area contributed by atoms with Crippen LogP contribution in [0.1, 0.15) is 17.3 Å². The molecule has 2 aromatic rings. The number of benzene rings is 1. The molecule has 1 heterocycles. The highest BCUT2D eigenvalue weighted by molar-refractivity contribution is 5.79. The summed E-state index contributed by atoms with van der Waals surface area (Å²) in [7, 11) is 0. The summed E-state index contributed by atoms with van der Waals surface area (Å²) < 4.78 is 0. The summed E-state index contributed by atoms with van der Waals surface area (Å²) in [5.74, 6) is -1.17. The zero-order chi connectivity index (χ0) is 10.7. The maximum atomic E-state index is 11.1. The molecule has 0 saturated heterocycles. The number of carboxylic acid groups (broad SMARTS) is 1. The van der Waals surface area contributed by atoms with E-state index in [-0.39, 0.29) is 0 Å². The van der Waals surface area contributed by atoms with Gasteiger partial charge in [-0.25, -0.2) is 4.98 Å². The van der Waals surface area contributed by atoms with Crippen LogP contribution in [0.2, 0.25) is 0 Å². The molecule has 1 unspecified atom stereocenters. The standard InChI is InChI=1S/C11H10N2O2/c14-11(15)9(10-12-6-7-13-10)8-4-2-1-3-5-8/h1-7,9H,(H,12,13)(H,14,15). The maximum absolute atomic E-state index is 11.1. The van der Waals surface area contributed by atoms with E-state index >= 15 is 0 Å². The van der Waals surface area contributed by atoms with E-state index in [0.29, 0.717) is 5.82 Å². The van der Waals surface area contributed by atoms with E-state index < -0.39 is 11.9 Å². The lowest BCUT2D eigenvalue weighted by molar-refractivity contribution is -0.137. The average molecular weight is 202 g/mol. The minimum absolute atomic E-state index is 0.453. The van der Waals surface area contributed by atoms with Crippen LogP contribution in [0.4, 0.5) is 0 Å². The largest absolute Gasteiger partial charge is 0.480 e. The number of hydrogen-bond acceptors (Lipinski definition) is 2. The molecular weight excluding hydrogens is 192 g/mol. The van der Waals surface area contributed by atoms with Gasteiger partial charge in [-0.2, -0.15) is 0 Å². The molecule has 0 aliphatic rings. The Balaban J connectivity index is 2.42. The lowest BCUT2D eigenvalue weighted by Gasteiger charge is -2.09. The first kappa shape index (κ1) is 9.45. The second kappa shape index (κ2) is 3.96. The number of hydrogen-bond donors (Lipinski definition) is 2. The SMILES string of the molecule is O=C(O)C(c1ccccc1)c1ncc[nH]1. The van der Waals surface area contributed by atoms with E-state index in [1.807, 2.05) is 18.2 Å². The summed E-state index contributed by atoms with van der Waals surface area (Å²) in [6, 6.07) is 9.04. The van der Waals surface area contributed by atoms with Gasteiger partial charge in [0.1, 0.15) is 11.7 Å². The predicted molar refractivity (Wildman–Crippen MR) is 54.5 cm³/mol. The van der Waals surface area contributed by atoms with Gasteiger partial charge in [0.15, 0.2) is 0 Å². The number of aromatic amines is 1. The average Bonchev–Trinajstić information content (AvgIpc) is 2.72. The normalized spacial score (nSPS) is 12.3. The fraction of sp³-hybridized carbons (Fsp3) is 0.0909. The molecular formula is C11H10N2O2. The summed E-state index contributed by atoms with van der Waals surface area (Å²) in [5, 5.41) is 9.14. The third kappa shape index (κ3) is 1.88. The van der Waals surface area contributed by atoms with Crippen LogP contribution < -0.4 is 0 Å². The van der Waals surface area contributed by atoms with Crippen molar-refractivity contribution in [3.63, 3.8) is 0 Å². The maximum Gasteiger partial charge on any atom is 0.318 e. The molecule has 0 spiro atoms. The van der Waals surface area contributed by atoms with Crippen molar-refractivity contribution in [2.24, 2.45) is 0 Å². The van der Waals surface area contributed by atoms with Gasteiger partial charge >= 0.3 is 5.97 Å². The van der Waals surface area contributed by atoms with Crippen molar-refractivity contribution in [1.82, 2.24) is 9.97 Å². The number of nitrogens with one attached hydrogen (secondary N) is 1. The molecule has 1 atom stereocenters. The number of rotatable bonds is 3. The molecule has 76 valence electrons. The smallest absolute Gasteiger partial charge is 0.318 e. The number of carbonyl (C=O) groups is 1. The summed E-state index contributed by atoms with van der Waals surface area (Å²) in [4.78, 5) is 17.9. The quantitative estimate of drug-likeness (QED) is 0.794. The molecule has 2 rings (SSSR count). The van der Waals surface area contributed by atoms with Gasteiger partial charge in [-0.15, -0.1) is 0 Å². The number of imidazole rings is 1. The third-order valence-electron chi connectivity index (χ3n) is 2.17. The molecule has 0 aliphatic heterocycles. The van der Waals surface area contributed by atoms with E-state index in [0.717, 1.165) is 5.56 Å². The van der Waals surface area contributed by atoms with E-state index in [9.17, 15) is 4.79 Å². The van der Waals surface area contributed by atoms with Crippen molar-refractivity contribution < 1.29 is 9.90 Å². The first-order valence-corrected chi connectivity index (χ1v) is 4.56. The lowest BCUT2D eigenvalue weighted by Crippen LogP contribution is -2.14. The van der Waals surface area contributed by atoms with Crippen molar-refractivity contribution in [2.75, 3.05) is 0 Å². The van der Waals surface area contributed by atoms with Crippen LogP contribution >= 0.6 is 0 Å². The lowest BCUT2D eigenvalue weighted by atomic mass is 9.99. The Morgan fingerprint density at radius 3 is 2.60 bits per heavy atom. The van der Waals surface area contributed by atoms with E-state index in [1.165, 1.54) is 0 Å². The minimum atomic E-state index is -0.906. The highest BCUT2D eigenvalue weighted by atomic mass is 16.4. The van der Waals surface area contributed by atoms with Crippen LogP contribution in [0.5, 0.6) is 0 Å². The molecule has 0 saturated carbocycles. The monoisotopic (exact) mass is 202 g/mol. The molecule has 4 nitrogen and oxygen atoms in total. The zero-order valence-electron chi connectivity index (χ0n) is 7.92. The summed E-state index contributed by atoms with van der Waals surface area (Å²) in [5.41, 5.74) is 0.722. The number of aliphatic carboxylic acids is 1. The van der Waals surface area contributed by atoms with E-state index in [4.69, 9.17) is 5.11 Å². The van der Waals surface area contributed by atoms with Gasteiger partial charge in [0.25, 0.3) is 0 Å². The molecule has 1 aromatic heterocycles. The van der Waals surface area contributed by atoms with Crippen molar-refractivity contribution in [3.05, 3.63) is 54.1 Å². The minimum Gasteiger partial charge on any atom is -0.480 e. The number of H-pyrrole nitrogens is 1. The van der Waals surface area contributed by atoms with Crippen molar-refractivity contribution in [1.29, 1.82) is 0 Å². The van der Waals surface area contributed by atoms with Crippen LogP contribution in [-0.2, 0) is 4.79 Å². The Morgan fingerprint density at radius 1 is 1.33 bits per heavy atom. The first-order chi connectivity index (χ1) is 7.29. The van der Waals surface area contributed by atoms with Gasteiger partial charge in [-0.05, 0) is 5.56 Å². The Hall–Kier alpha value is -2.10. The Kier molecular flexibility index (Phi) is 2.49. The number of nitrogens with zero attached hydrogens (tertiary/aromatic N) is 1. The summed E-state index contributed by atoms with van der Waals surface area (Å²) in [6.07, 6.45) is 3.17. The van der Waals surface area contributed by atoms with Gasteiger partial charge in [0, 0.05) is 12.4 Å². The number of aromatic nitrogens is 2. The van der Waals surface area contributed by atoms with Crippen LogP contribution in [0.25, 0.3) is 0 Å². The summed E-state index contributed by atoms with van der Waals surface area (Å²) >= 11 is 0. The third-order valence-corrected chi connectivity index (χ3v) is 2.17. The first-order valence-electron chi connectivity index (χ1n) is 4.56. The second-order valence-corrected chi connectivity index (χ2v) is 3.16. The fourth-order valence-electron chi connectivity index (χ4n) is 1.50. The van der Waals surface area contributed by atoms with Crippen LogP contribution in [-0.4, -0.2) is 21.0 Å². The van der Waals surface area contributed by atoms with E-state index in [1.54, 1.807) is 24.5 Å². The van der Waals surface area contributed by atoms with Crippen molar-refractivity contribution >= 4 is 5.97 Å². The molecule has 15 heavy (non-hydrogen) atoms. The van der Waals surface area contributed by atoms with Crippen LogP contribution in [0.15, 0.2) is 42.7 Å². The molecule has 4 heteroatoms. The van der Waals surface area contributed by atoms with Gasteiger partial charge in [0.2, 0.25) is 0 Å². The molecule has 0 bridgehead atoms. The molecule has 1 aromatic carbocycles. The number of carboxylic acids is 1. The Bertz CT molecular complexity index is 437. The molecule has 2 N–H and O–H groups in total. The van der Waals surface area contributed by atoms with Gasteiger partial charge in [0.05, 0.1) is 0 Å². The fourth-order valence-corrected chi connectivity index (χ4v) is 1.50. The van der Waals surface area contributed by atoms with E-state index in [2.05, 4.69) is 9.97 Å². The zero-order valence-corrected chi connectivity index (χ0v) is 7.92. The van der Waals surface area contributed by atoms with Gasteiger partial charge < -0.3 is 10.1 Å². The van der Waals surface area contributed by atoms with Gasteiger partial charge in [-0.1, -0.05) is 30.3 Å². The van der Waals surface area contributed by atoms with Crippen molar-refractivity contribution in [2.45, 2.75) is 5.92 Å². The molecule has 0 fully saturated rings. The van der Waals surface area contributed by atoms with Crippen LogP contribution in [0, 0.1) is 0 Å². The van der Waals surface area contributed by atoms with Crippen LogP contribution in [0.3, 0.4) is 0 Å². The Morgan fingerprint density at radius 2 is 2.07 bits per heavy atom. The summed E-state index contributed by atoms with van der Waals surface area (Å²) in [6.45, 7) is 0. The molecule has 0 aliphatic carbocycles. The Labute approximate surface area is 86.6 Å². The topological polar surface area (TPSA) is 66.0 Å². The highest BCUT2D eigenvalue weighted by Crippen LogP contribution is 2.21.